The summed E-state index contributed by atoms with van der Waals surface area (Å²) in [6.45, 7) is 2.73. The molecule has 0 spiro atoms. The fraction of sp³-hybridized carbons (Fsp3) is 0.947. The number of nitrogens with zero attached hydrogens (tertiary/aromatic N) is 3. The quantitative estimate of drug-likeness (QED) is 0.815. The van der Waals surface area contributed by atoms with E-state index < -0.39 is 0 Å². The first-order chi connectivity index (χ1) is 11.2. The predicted molar refractivity (Wildman–Crippen MR) is 93.4 cm³/mol. The van der Waals surface area contributed by atoms with E-state index in [4.69, 9.17) is 10.7 Å². The normalized spacial score (nSPS) is 44.3. The van der Waals surface area contributed by atoms with Crippen molar-refractivity contribution in [2.75, 3.05) is 6.67 Å². The van der Waals surface area contributed by atoms with Crippen LogP contribution in [0.2, 0.25) is 0 Å². The molecule has 0 aromatic rings. The van der Waals surface area contributed by atoms with Gasteiger partial charge in [0.15, 0.2) is 12.5 Å². The van der Waals surface area contributed by atoms with Gasteiger partial charge in [0.1, 0.15) is 0 Å². The zero-order chi connectivity index (χ0) is 15.9. The molecule has 5 atom stereocenters. The molecule has 0 aromatic heterocycles. The second-order valence-electron chi connectivity index (χ2n) is 8.62. The SMILES string of the molecule is C[C@@H](N)CC1(C2=NCN=N2)C2CCCCC2CC2CCCCC21. The summed E-state index contributed by atoms with van der Waals surface area (Å²) in [7, 11) is 0. The Bertz CT molecular complexity index is 474. The van der Waals surface area contributed by atoms with Gasteiger partial charge in [-0.25, -0.2) is 4.99 Å². The smallest absolute Gasteiger partial charge is 0.154 e. The summed E-state index contributed by atoms with van der Waals surface area (Å²) in [6.07, 6.45) is 13.7. The van der Waals surface area contributed by atoms with Crippen molar-refractivity contribution in [1.29, 1.82) is 0 Å². The Labute approximate surface area is 140 Å². The first-order valence-corrected chi connectivity index (χ1v) is 9.90. The minimum Gasteiger partial charge on any atom is -0.328 e. The molecule has 3 aliphatic carbocycles. The van der Waals surface area contributed by atoms with Gasteiger partial charge in [-0.3, -0.25) is 0 Å². The summed E-state index contributed by atoms with van der Waals surface area (Å²) < 4.78 is 0. The molecule has 23 heavy (non-hydrogen) atoms. The molecular weight excluding hydrogens is 284 g/mol. The van der Waals surface area contributed by atoms with E-state index in [1.54, 1.807) is 0 Å². The molecular formula is C19H32N4. The molecule has 128 valence electrons. The Morgan fingerprint density at radius 3 is 2.17 bits per heavy atom. The van der Waals surface area contributed by atoms with Crippen LogP contribution in [0, 0.1) is 29.1 Å². The number of rotatable bonds is 3. The molecule has 0 amide bonds. The summed E-state index contributed by atoms with van der Waals surface area (Å²) in [4.78, 5) is 4.79. The van der Waals surface area contributed by atoms with Crippen LogP contribution in [-0.4, -0.2) is 18.5 Å². The molecule has 4 nitrogen and oxygen atoms in total. The second kappa shape index (κ2) is 6.27. The standard InChI is InChI=1S/C19H32N4/c1-13(20)11-19(18-21-12-22-23-18)16-8-4-2-6-14(16)10-15-7-3-5-9-17(15)19/h13-17H,2-12,20H2,1H3/t13-,14?,15?,16?,17?,19?/m1/s1. The molecule has 0 bridgehead atoms. The highest BCUT2D eigenvalue weighted by molar-refractivity contribution is 5.90. The number of amidine groups is 1. The maximum Gasteiger partial charge on any atom is 0.154 e. The van der Waals surface area contributed by atoms with Crippen molar-refractivity contribution < 1.29 is 0 Å². The highest BCUT2D eigenvalue weighted by atomic mass is 15.3. The fourth-order valence-corrected chi connectivity index (χ4v) is 6.73. The predicted octanol–water partition coefficient (Wildman–Crippen LogP) is 4.55. The van der Waals surface area contributed by atoms with Crippen LogP contribution in [0.3, 0.4) is 0 Å². The van der Waals surface area contributed by atoms with Crippen LogP contribution < -0.4 is 5.73 Å². The largest absolute Gasteiger partial charge is 0.328 e. The Morgan fingerprint density at radius 2 is 1.65 bits per heavy atom. The van der Waals surface area contributed by atoms with E-state index in [2.05, 4.69) is 17.2 Å². The van der Waals surface area contributed by atoms with Gasteiger partial charge in [-0.1, -0.05) is 38.5 Å². The monoisotopic (exact) mass is 316 g/mol. The Kier molecular flexibility index (Phi) is 4.29. The third-order valence-electron chi connectivity index (χ3n) is 7.27. The number of fused-ring (bicyclic) bond motifs is 2. The number of aliphatic imine (C=N–C) groups is 1. The highest BCUT2D eigenvalue weighted by Crippen LogP contribution is 2.62. The van der Waals surface area contributed by atoms with Crippen LogP contribution in [-0.2, 0) is 0 Å². The van der Waals surface area contributed by atoms with Crippen molar-refractivity contribution in [2.45, 2.75) is 77.2 Å². The molecule has 4 unspecified atom stereocenters. The van der Waals surface area contributed by atoms with Crippen LogP contribution in [0.15, 0.2) is 15.2 Å². The summed E-state index contributed by atoms with van der Waals surface area (Å²) in [5.74, 6) is 4.33. The minimum atomic E-state index is 0.128. The molecule has 2 N–H and O–H groups in total. The van der Waals surface area contributed by atoms with E-state index in [9.17, 15) is 0 Å². The van der Waals surface area contributed by atoms with Crippen LogP contribution in [0.4, 0.5) is 0 Å². The Morgan fingerprint density at radius 1 is 1.04 bits per heavy atom. The van der Waals surface area contributed by atoms with E-state index in [0.717, 1.165) is 35.9 Å². The van der Waals surface area contributed by atoms with Crippen molar-refractivity contribution in [3.05, 3.63) is 0 Å². The average molecular weight is 316 g/mol. The van der Waals surface area contributed by atoms with Crippen LogP contribution >= 0.6 is 0 Å². The van der Waals surface area contributed by atoms with E-state index in [1.165, 1.54) is 57.8 Å². The van der Waals surface area contributed by atoms with Gasteiger partial charge in [-0.05, 0) is 56.3 Å². The molecule has 0 aromatic carbocycles. The number of hydrogen-bond donors (Lipinski definition) is 1. The van der Waals surface area contributed by atoms with Crippen molar-refractivity contribution in [3.8, 4) is 0 Å². The average Bonchev–Trinajstić information content (AvgIpc) is 3.09. The lowest BCUT2D eigenvalue weighted by molar-refractivity contribution is -0.0550. The lowest BCUT2D eigenvalue weighted by atomic mass is 9.46. The van der Waals surface area contributed by atoms with Gasteiger partial charge in [0.25, 0.3) is 0 Å². The van der Waals surface area contributed by atoms with Crippen molar-refractivity contribution in [2.24, 2.45) is 50.0 Å². The van der Waals surface area contributed by atoms with Gasteiger partial charge in [0.05, 0.1) is 0 Å². The third-order valence-corrected chi connectivity index (χ3v) is 7.27. The molecule has 4 aliphatic rings. The summed E-state index contributed by atoms with van der Waals surface area (Å²) in [6, 6.07) is 0.219. The molecule has 3 saturated carbocycles. The van der Waals surface area contributed by atoms with Crippen molar-refractivity contribution in [1.82, 2.24) is 0 Å². The Balaban J connectivity index is 1.80. The number of azo groups is 1. The van der Waals surface area contributed by atoms with E-state index in [-0.39, 0.29) is 11.5 Å². The number of hydrogen-bond acceptors (Lipinski definition) is 4. The first-order valence-electron chi connectivity index (χ1n) is 9.90. The molecule has 0 radical (unpaired) electrons. The van der Waals surface area contributed by atoms with Crippen LogP contribution in [0.5, 0.6) is 0 Å². The topological polar surface area (TPSA) is 63.1 Å². The maximum absolute atomic E-state index is 6.39. The lowest BCUT2D eigenvalue weighted by Crippen LogP contribution is -2.56. The van der Waals surface area contributed by atoms with E-state index >= 15 is 0 Å². The first kappa shape index (κ1) is 15.7. The van der Waals surface area contributed by atoms with Gasteiger partial charge in [0.2, 0.25) is 0 Å². The Hall–Kier alpha value is -0.770. The maximum atomic E-state index is 6.39. The molecule has 1 heterocycles. The van der Waals surface area contributed by atoms with Gasteiger partial charge in [0, 0.05) is 11.5 Å². The van der Waals surface area contributed by atoms with E-state index in [1.807, 2.05) is 0 Å². The molecule has 3 fully saturated rings. The van der Waals surface area contributed by atoms with Gasteiger partial charge >= 0.3 is 0 Å². The molecule has 4 rings (SSSR count). The van der Waals surface area contributed by atoms with E-state index in [0.29, 0.717) is 6.67 Å². The van der Waals surface area contributed by atoms with Gasteiger partial charge < -0.3 is 5.73 Å². The van der Waals surface area contributed by atoms with Crippen molar-refractivity contribution in [3.63, 3.8) is 0 Å². The van der Waals surface area contributed by atoms with Gasteiger partial charge in [-0.2, -0.15) is 5.11 Å². The zero-order valence-electron chi connectivity index (χ0n) is 14.6. The zero-order valence-corrected chi connectivity index (χ0v) is 14.6. The minimum absolute atomic E-state index is 0.128. The fourth-order valence-electron chi connectivity index (χ4n) is 6.73. The summed E-state index contributed by atoms with van der Waals surface area (Å²) in [5.41, 5.74) is 6.52. The summed E-state index contributed by atoms with van der Waals surface area (Å²) >= 11 is 0. The number of nitrogens with two attached hydrogens (primary N) is 1. The molecule has 0 saturated heterocycles. The lowest BCUT2D eigenvalue weighted by Gasteiger charge is -2.58. The molecule has 4 heteroatoms. The summed E-state index contributed by atoms with van der Waals surface area (Å²) in [5, 5.41) is 8.83. The van der Waals surface area contributed by atoms with Gasteiger partial charge in [-0.15, -0.1) is 5.11 Å². The van der Waals surface area contributed by atoms with Crippen LogP contribution in [0.25, 0.3) is 0 Å². The van der Waals surface area contributed by atoms with Crippen molar-refractivity contribution >= 4 is 5.84 Å². The van der Waals surface area contributed by atoms with Crippen LogP contribution in [0.1, 0.15) is 71.1 Å². The third kappa shape index (κ3) is 2.57. The highest BCUT2D eigenvalue weighted by Gasteiger charge is 2.58. The molecule has 1 aliphatic heterocycles. The second-order valence-corrected chi connectivity index (χ2v) is 8.62.